The molecule has 0 fully saturated rings. The van der Waals surface area contributed by atoms with E-state index in [0.29, 0.717) is 0 Å². The molecular weight excluding hydrogens is 352 g/mol. The van der Waals surface area contributed by atoms with Gasteiger partial charge < -0.3 is 0 Å². The predicted octanol–water partition coefficient (Wildman–Crippen LogP) is 7.31. The maximum absolute atomic E-state index is 2.29. The molecule has 3 aliphatic rings. The highest BCUT2D eigenvalue weighted by Gasteiger charge is 2.14. The van der Waals surface area contributed by atoms with Crippen molar-refractivity contribution in [3.05, 3.63) is 90.9 Å². The van der Waals surface area contributed by atoms with E-state index in [1.54, 1.807) is 0 Å². The summed E-state index contributed by atoms with van der Waals surface area (Å²) in [7, 11) is 0. The number of benzene rings is 4. The Morgan fingerprint density at radius 2 is 0.692 bits per heavy atom. The molecule has 0 atom stereocenters. The molecule has 0 spiro atoms. The van der Waals surface area contributed by atoms with Crippen LogP contribution in [0.4, 0.5) is 0 Å². The van der Waals surface area contributed by atoms with Gasteiger partial charge in [0.05, 0.1) is 18.1 Å². The Labute approximate surface area is 156 Å². The van der Waals surface area contributed by atoms with Crippen LogP contribution in [-0.4, -0.2) is 0 Å². The normalized spacial score (nSPS) is 12.6. The monoisotopic (exact) mass is 364 g/mol. The maximum atomic E-state index is 2.29. The minimum Gasteiger partial charge on any atom is -0.132 e. The second-order valence-electron chi connectivity index (χ2n) is 6.94. The predicted molar refractivity (Wildman–Crippen MR) is 114 cm³/mol. The number of hydrogen-bond acceptors (Lipinski definition) is 2. The van der Waals surface area contributed by atoms with Gasteiger partial charge in [0.1, 0.15) is 0 Å². The lowest BCUT2D eigenvalue weighted by molar-refractivity contribution is 1.84. The minimum absolute atomic E-state index is 1.35. The molecule has 0 bridgehead atoms. The van der Waals surface area contributed by atoms with Gasteiger partial charge >= 0.3 is 0 Å². The molecule has 7 rings (SSSR count). The second kappa shape index (κ2) is 4.53. The molecule has 4 aromatic rings. The van der Waals surface area contributed by atoms with E-state index in [9.17, 15) is 0 Å². The van der Waals surface area contributed by atoms with Crippen molar-refractivity contribution in [1.29, 1.82) is 0 Å². The van der Waals surface area contributed by atoms with Crippen LogP contribution in [0.2, 0.25) is 0 Å². The molecule has 0 saturated carbocycles. The number of rotatable bonds is 0. The molecule has 2 heteroatoms. The lowest BCUT2D eigenvalue weighted by atomic mass is 10.1. The van der Waals surface area contributed by atoms with Crippen LogP contribution >= 0.6 is 22.7 Å². The van der Waals surface area contributed by atoms with Crippen LogP contribution in [0.3, 0.4) is 0 Å². The fourth-order valence-electron chi connectivity index (χ4n) is 4.54. The van der Waals surface area contributed by atoms with E-state index in [2.05, 4.69) is 72.8 Å². The van der Waals surface area contributed by atoms with Crippen molar-refractivity contribution in [1.82, 2.24) is 0 Å². The Morgan fingerprint density at radius 1 is 0.385 bits per heavy atom. The molecule has 0 unspecified atom stereocenters. The van der Waals surface area contributed by atoms with Crippen LogP contribution in [0.25, 0.3) is 43.1 Å². The Morgan fingerprint density at radius 3 is 1.00 bits per heavy atom. The first-order valence-electron chi connectivity index (χ1n) is 8.79. The Balaban J connectivity index is 1.88. The van der Waals surface area contributed by atoms with Crippen LogP contribution in [0.5, 0.6) is 0 Å². The van der Waals surface area contributed by atoms with Gasteiger partial charge in [-0.3, -0.25) is 0 Å². The first kappa shape index (κ1) is 13.5. The van der Waals surface area contributed by atoms with Gasteiger partial charge in [0.25, 0.3) is 0 Å². The topological polar surface area (TPSA) is 0 Å². The lowest BCUT2D eigenvalue weighted by Gasteiger charge is -1.97. The van der Waals surface area contributed by atoms with Gasteiger partial charge in [0.2, 0.25) is 0 Å². The molecule has 0 nitrogen and oxygen atoms in total. The van der Waals surface area contributed by atoms with Gasteiger partial charge in [-0.1, -0.05) is 72.8 Å². The van der Waals surface area contributed by atoms with Gasteiger partial charge in [-0.2, -0.15) is 0 Å². The second-order valence-corrected chi connectivity index (χ2v) is 8.98. The first-order chi connectivity index (χ1) is 12.9. The summed E-state index contributed by atoms with van der Waals surface area (Å²) >= 11 is 3.94. The average molecular weight is 364 g/mol. The summed E-state index contributed by atoms with van der Waals surface area (Å²) in [6.45, 7) is 0. The molecule has 0 saturated heterocycles. The smallest absolute Gasteiger partial charge is 0.0534 e. The average Bonchev–Trinajstić information content (AvgIpc) is 3.18. The van der Waals surface area contributed by atoms with E-state index in [4.69, 9.17) is 0 Å². The van der Waals surface area contributed by atoms with Gasteiger partial charge in [0, 0.05) is 21.5 Å². The summed E-state index contributed by atoms with van der Waals surface area (Å²) < 4.78 is 5.74. The van der Waals surface area contributed by atoms with E-state index in [-0.39, 0.29) is 0 Å². The van der Waals surface area contributed by atoms with Crippen molar-refractivity contribution in [2.24, 2.45) is 0 Å². The molecule has 1 heterocycles. The highest BCUT2D eigenvalue weighted by molar-refractivity contribution is 7.16. The summed E-state index contributed by atoms with van der Waals surface area (Å²) in [5.74, 6) is 0. The van der Waals surface area contributed by atoms with E-state index in [1.165, 1.54) is 61.2 Å². The minimum atomic E-state index is 1.35. The zero-order valence-corrected chi connectivity index (χ0v) is 15.4. The first-order valence-corrected chi connectivity index (χ1v) is 10.4. The van der Waals surface area contributed by atoms with Crippen LogP contribution in [-0.2, 0) is 0 Å². The van der Waals surface area contributed by atoms with Crippen LogP contribution in [0.15, 0.2) is 72.8 Å². The lowest BCUT2D eigenvalue weighted by Crippen LogP contribution is -1.71. The molecule has 120 valence electrons. The maximum Gasteiger partial charge on any atom is 0.0534 e. The third-order valence-electron chi connectivity index (χ3n) is 5.61. The van der Waals surface area contributed by atoms with E-state index in [1.807, 2.05) is 22.7 Å². The van der Waals surface area contributed by atoms with Crippen molar-refractivity contribution in [3.63, 3.8) is 0 Å². The number of fused-ring (bicyclic) bond motifs is 4. The SMILES string of the molecule is c1cc2cccc3c4sc5c6cccc7cccc(c=5sc=4c(c1)c23)c76. The molecule has 4 aromatic carbocycles. The molecule has 0 aromatic heterocycles. The van der Waals surface area contributed by atoms with Gasteiger partial charge in [-0.25, -0.2) is 0 Å². The van der Waals surface area contributed by atoms with Crippen molar-refractivity contribution >= 4 is 65.8 Å². The van der Waals surface area contributed by atoms with Crippen LogP contribution in [0, 0.1) is 18.1 Å². The zero-order chi connectivity index (χ0) is 16.8. The van der Waals surface area contributed by atoms with Gasteiger partial charge in [-0.15, -0.1) is 22.7 Å². The quantitative estimate of drug-likeness (QED) is 0.265. The summed E-state index contributed by atoms with van der Waals surface area (Å²) in [5, 5.41) is 11.2. The molecule has 2 aliphatic carbocycles. The summed E-state index contributed by atoms with van der Waals surface area (Å²) in [4.78, 5) is 0. The number of hydrogen-bond donors (Lipinski definition) is 0. The van der Waals surface area contributed by atoms with Crippen molar-refractivity contribution in [2.45, 2.75) is 0 Å². The molecule has 26 heavy (non-hydrogen) atoms. The van der Waals surface area contributed by atoms with E-state index < -0.39 is 0 Å². The largest absolute Gasteiger partial charge is 0.132 e. The van der Waals surface area contributed by atoms with Crippen molar-refractivity contribution in [2.75, 3.05) is 0 Å². The highest BCUT2D eigenvalue weighted by atomic mass is 32.1. The summed E-state index contributed by atoms with van der Waals surface area (Å²) in [6.07, 6.45) is 0. The fourth-order valence-corrected chi connectivity index (χ4v) is 7.38. The van der Waals surface area contributed by atoms with Crippen LogP contribution < -0.4 is 0 Å². The molecule has 1 aliphatic heterocycles. The molecule has 0 N–H and O–H groups in total. The zero-order valence-electron chi connectivity index (χ0n) is 13.7. The standard InChI is InChI=1S/C24H12S2/c1-5-13-6-2-10-16-19(13)15(9-1)21-22(16)26-24-18-12-4-8-14-7-3-11-17(20(14)18)23(24)25-21/h1-12H. The summed E-state index contributed by atoms with van der Waals surface area (Å²) in [6, 6.07) is 26.8. The van der Waals surface area contributed by atoms with E-state index in [0.717, 1.165) is 0 Å². The Hall–Kier alpha value is -2.68. The highest BCUT2D eigenvalue weighted by Crippen LogP contribution is 2.39. The van der Waals surface area contributed by atoms with Crippen molar-refractivity contribution < 1.29 is 0 Å². The van der Waals surface area contributed by atoms with Crippen molar-refractivity contribution in [3.8, 4) is 0 Å². The van der Waals surface area contributed by atoms with Gasteiger partial charge in [-0.05, 0) is 21.5 Å². The Kier molecular flexibility index (Phi) is 2.36. The third kappa shape index (κ3) is 1.47. The molecular formula is C24H12S2. The van der Waals surface area contributed by atoms with Gasteiger partial charge in [0.15, 0.2) is 0 Å². The molecule has 0 radical (unpaired) electrons. The fraction of sp³-hybridized carbons (Fsp3) is 0. The molecule has 0 amide bonds. The Bertz CT molecular complexity index is 1490. The third-order valence-corrected chi connectivity index (χ3v) is 8.38. The van der Waals surface area contributed by atoms with E-state index >= 15 is 0 Å². The summed E-state index contributed by atoms with van der Waals surface area (Å²) in [5.41, 5.74) is 0. The van der Waals surface area contributed by atoms with Crippen LogP contribution in [0.1, 0.15) is 0 Å².